The fourth-order valence-corrected chi connectivity index (χ4v) is 2.85. The van der Waals surface area contributed by atoms with Crippen LogP contribution in [0.3, 0.4) is 0 Å². The Bertz CT molecular complexity index is 542. The molecule has 2 nitrogen and oxygen atoms in total. The first-order valence-electron chi connectivity index (χ1n) is 5.14. The average Bonchev–Trinajstić information content (AvgIpc) is 2.35. The lowest BCUT2D eigenvalue weighted by molar-refractivity contribution is 0.682. The molecule has 0 aliphatic heterocycles. The average molecular weight is 266 g/mol. The van der Waals surface area contributed by atoms with E-state index in [1.807, 2.05) is 30.3 Å². The van der Waals surface area contributed by atoms with E-state index in [2.05, 4.69) is 0 Å². The molecule has 0 fully saturated rings. The van der Waals surface area contributed by atoms with Crippen LogP contribution in [-0.4, -0.2) is 4.21 Å². The van der Waals surface area contributed by atoms with E-state index in [1.165, 1.54) is 0 Å². The number of anilines is 1. The first kappa shape index (κ1) is 12.1. The van der Waals surface area contributed by atoms with Crippen LogP contribution in [0.15, 0.2) is 53.4 Å². The summed E-state index contributed by atoms with van der Waals surface area (Å²) in [7, 11) is -1.09. The summed E-state index contributed by atoms with van der Waals surface area (Å²) >= 11 is 5.89. The lowest BCUT2D eigenvalue weighted by atomic mass is 10.2. The third-order valence-electron chi connectivity index (χ3n) is 2.40. The Morgan fingerprint density at radius 3 is 2.53 bits per heavy atom. The van der Waals surface area contributed by atoms with Crippen LogP contribution in [0.1, 0.15) is 5.56 Å². The van der Waals surface area contributed by atoms with Crippen molar-refractivity contribution in [1.29, 1.82) is 0 Å². The van der Waals surface area contributed by atoms with Crippen molar-refractivity contribution in [3.05, 3.63) is 59.1 Å². The van der Waals surface area contributed by atoms with Gasteiger partial charge in [0.25, 0.3) is 0 Å². The largest absolute Gasteiger partial charge is 0.398 e. The van der Waals surface area contributed by atoms with Gasteiger partial charge in [0.2, 0.25) is 0 Å². The van der Waals surface area contributed by atoms with Gasteiger partial charge >= 0.3 is 0 Å². The maximum Gasteiger partial charge on any atom is 0.0574 e. The Kier molecular flexibility index (Phi) is 3.82. The summed E-state index contributed by atoms with van der Waals surface area (Å²) in [5, 5.41) is 0.610. The van der Waals surface area contributed by atoms with Gasteiger partial charge in [-0.1, -0.05) is 29.8 Å². The van der Waals surface area contributed by atoms with Crippen molar-refractivity contribution in [3.63, 3.8) is 0 Å². The monoisotopic (exact) mass is 265 g/mol. The summed E-state index contributed by atoms with van der Waals surface area (Å²) in [6.07, 6.45) is 0. The van der Waals surface area contributed by atoms with Gasteiger partial charge in [-0.15, -0.1) is 0 Å². The molecule has 0 heterocycles. The highest BCUT2D eigenvalue weighted by Crippen LogP contribution is 2.21. The highest BCUT2D eigenvalue weighted by Gasteiger charge is 2.07. The van der Waals surface area contributed by atoms with E-state index in [0.29, 0.717) is 16.5 Å². The molecule has 0 bridgehead atoms. The van der Waals surface area contributed by atoms with Crippen molar-refractivity contribution < 1.29 is 4.21 Å². The second kappa shape index (κ2) is 5.34. The topological polar surface area (TPSA) is 43.1 Å². The lowest BCUT2D eigenvalue weighted by Gasteiger charge is -2.06. The summed E-state index contributed by atoms with van der Waals surface area (Å²) < 4.78 is 12.1. The van der Waals surface area contributed by atoms with Gasteiger partial charge in [0.1, 0.15) is 0 Å². The van der Waals surface area contributed by atoms with Crippen LogP contribution in [0.2, 0.25) is 5.02 Å². The summed E-state index contributed by atoms with van der Waals surface area (Å²) in [6.45, 7) is 0. The normalized spacial score (nSPS) is 12.3. The van der Waals surface area contributed by atoms with Crippen LogP contribution < -0.4 is 5.73 Å². The number of benzene rings is 2. The standard InChI is InChI=1S/C13H12ClNOS/c14-11-6-7-13(15)10(8-11)9-17(16)12-4-2-1-3-5-12/h1-8H,9,15H2. The Morgan fingerprint density at radius 2 is 1.82 bits per heavy atom. The predicted octanol–water partition coefficient (Wildman–Crippen LogP) is 3.23. The molecule has 0 aliphatic carbocycles. The van der Waals surface area contributed by atoms with Gasteiger partial charge in [-0.2, -0.15) is 0 Å². The zero-order chi connectivity index (χ0) is 12.3. The Labute approximate surface area is 108 Å². The molecule has 0 spiro atoms. The third-order valence-corrected chi connectivity index (χ3v) is 4.00. The van der Waals surface area contributed by atoms with E-state index in [1.54, 1.807) is 18.2 Å². The SMILES string of the molecule is Nc1ccc(Cl)cc1CS(=O)c1ccccc1. The second-order valence-corrected chi connectivity index (χ2v) is 5.53. The predicted molar refractivity (Wildman–Crippen MR) is 72.4 cm³/mol. The molecule has 2 aromatic carbocycles. The van der Waals surface area contributed by atoms with Crippen molar-refractivity contribution in [1.82, 2.24) is 0 Å². The molecule has 1 atom stereocenters. The molecule has 17 heavy (non-hydrogen) atoms. The minimum atomic E-state index is -1.09. The molecule has 2 rings (SSSR count). The van der Waals surface area contributed by atoms with E-state index >= 15 is 0 Å². The minimum Gasteiger partial charge on any atom is -0.398 e. The quantitative estimate of drug-likeness (QED) is 0.866. The van der Waals surface area contributed by atoms with Crippen molar-refractivity contribution in [3.8, 4) is 0 Å². The van der Waals surface area contributed by atoms with Crippen molar-refractivity contribution in [2.24, 2.45) is 0 Å². The van der Waals surface area contributed by atoms with Gasteiger partial charge in [0, 0.05) is 15.6 Å². The number of nitrogens with two attached hydrogens (primary N) is 1. The van der Waals surface area contributed by atoms with Crippen molar-refractivity contribution in [2.75, 3.05) is 5.73 Å². The minimum absolute atomic E-state index is 0.385. The molecule has 88 valence electrons. The molecule has 0 saturated carbocycles. The smallest absolute Gasteiger partial charge is 0.0574 e. The van der Waals surface area contributed by atoms with Crippen LogP contribution >= 0.6 is 11.6 Å². The highest BCUT2D eigenvalue weighted by molar-refractivity contribution is 7.84. The Hall–Kier alpha value is -1.32. The van der Waals surface area contributed by atoms with E-state index in [0.717, 1.165) is 10.5 Å². The van der Waals surface area contributed by atoms with Gasteiger partial charge in [0.05, 0.1) is 16.6 Å². The fraction of sp³-hybridized carbons (Fsp3) is 0.0769. The number of rotatable bonds is 3. The number of halogens is 1. The highest BCUT2D eigenvalue weighted by atomic mass is 35.5. The van der Waals surface area contributed by atoms with Gasteiger partial charge in [0.15, 0.2) is 0 Å². The summed E-state index contributed by atoms with van der Waals surface area (Å²) in [5.74, 6) is 0.385. The first-order chi connectivity index (χ1) is 8.16. The maximum absolute atomic E-state index is 12.1. The lowest BCUT2D eigenvalue weighted by Crippen LogP contribution is -2.00. The Balaban J connectivity index is 2.22. The second-order valence-electron chi connectivity index (χ2n) is 3.65. The van der Waals surface area contributed by atoms with Crippen LogP contribution in [0.5, 0.6) is 0 Å². The van der Waals surface area contributed by atoms with Gasteiger partial charge in [-0.25, -0.2) is 0 Å². The molecule has 4 heteroatoms. The van der Waals surface area contributed by atoms with Gasteiger partial charge < -0.3 is 5.73 Å². The van der Waals surface area contributed by atoms with Crippen LogP contribution in [0.25, 0.3) is 0 Å². The molecule has 0 aliphatic rings. The third kappa shape index (κ3) is 3.08. The van der Waals surface area contributed by atoms with Crippen molar-refractivity contribution in [2.45, 2.75) is 10.6 Å². The summed E-state index contributed by atoms with van der Waals surface area (Å²) in [4.78, 5) is 0.798. The molecule has 0 radical (unpaired) electrons. The van der Waals surface area contributed by atoms with Crippen LogP contribution in [0.4, 0.5) is 5.69 Å². The first-order valence-corrected chi connectivity index (χ1v) is 6.84. The summed E-state index contributed by atoms with van der Waals surface area (Å²) in [5.41, 5.74) is 7.27. The van der Waals surface area contributed by atoms with E-state index in [9.17, 15) is 4.21 Å². The molecular weight excluding hydrogens is 254 g/mol. The fourth-order valence-electron chi connectivity index (χ4n) is 1.50. The van der Waals surface area contributed by atoms with Crippen LogP contribution in [-0.2, 0) is 16.6 Å². The zero-order valence-corrected chi connectivity index (χ0v) is 10.7. The molecule has 0 aromatic heterocycles. The molecule has 0 amide bonds. The number of hydrogen-bond acceptors (Lipinski definition) is 2. The molecular formula is C13H12ClNOS. The molecule has 1 unspecified atom stereocenters. The summed E-state index contributed by atoms with van der Waals surface area (Å²) in [6, 6.07) is 14.6. The van der Waals surface area contributed by atoms with Crippen molar-refractivity contribution >= 4 is 28.1 Å². The van der Waals surface area contributed by atoms with Gasteiger partial charge in [-0.05, 0) is 35.9 Å². The zero-order valence-electron chi connectivity index (χ0n) is 9.10. The van der Waals surface area contributed by atoms with Crippen LogP contribution in [0, 0.1) is 0 Å². The van der Waals surface area contributed by atoms with E-state index < -0.39 is 10.8 Å². The van der Waals surface area contributed by atoms with E-state index in [-0.39, 0.29) is 0 Å². The van der Waals surface area contributed by atoms with E-state index in [4.69, 9.17) is 17.3 Å². The number of hydrogen-bond donors (Lipinski definition) is 1. The molecule has 0 saturated heterocycles. The molecule has 2 N–H and O–H groups in total. The Morgan fingerprint density at radius 1 is 1.12 bits per heavy atom. The number of nitrogen functional groups attached to an aromatic ring is 1. The maximum atomic E-state index is 12.1. The van der Waals surface area contributed by atoms with Gasteiger partial charge in [-0.3, -0.25) is 4.21 Å². The molecule has 2 aromatic rings.